The van der Waals surface area contributed by atoms with E-state index in [-0.39, 0.29) is 30.1 Å². The summed E-state index contributed by atoms with van der Waals surface area (Å²) in [4.78, 5) is 14.1. The highest BCUT2D eigenvalue weighted by Gasteiger charge is 2.41. The summed E-state index contributed by atoms with van der Waals surface area (Å²) in [6.45, 7) is 8.84. The van der Waals surface area contributed by atoms with Crippen LogP contribution in [0.2, 0.25) is 0 Å². The van der Waals surface area contributed by atoms with Crippen LogP contribution < -0.4 is 0 Å². The van der Waals surface area contributed by atoms with Gasteiger partial charge in [0.25, 0.3) is 0 Å². The number of carbonyl (C=O) groups is 1. The number of rotatable bonds is 5. The van der Waals surface area contributed by atoms with Gasteiger partial charge in [-0.25, -0.2) is 0 Å². The molecule has 0 amide bonds. The summed E-state index contributed by atoms with van der Waals surface area (Å²) in [6.07, 6.45) is 0. The molecule has 0 N–H and O–H groups in total. The van der Waals surface area contributed by atoms with Gasteiger partial charge in [-0.1, -0.05) is 0 Å². The molecule has 0 aromatic rings. The van der Waals surface area contributed by atoms with E-state index >= 15 is 0 Å². The van der Waals surface area contributed by atoms with Gasteiger partial charge in [0.05, 0.1) is 19.6 Å². The summed E-state index contributed by atoms with van der Waals surface area (Å²) >= 11 is 0. The van der Waals surface area contributed by atoms with Crippen LogP contribution in [0.3, 0.4) is 0 Å². The molecule has 5 heteroatoms. The average molecular weight is 259 g/mol. The molecule has 0 unspecified atom stereocenters. The molecular formula is C13H25NO4. The minimum atomic E-state index is -0.146. The van der Waals surface area contributed by atoms with E-state index in [0.29, 0.717) is 6.61 Å². The first-order valence-electron chi connectivity index (χ1n) is 6.29. The van der Waals surface area contributed by atoms with Crippen molar-refractivity contribution in [3.05, 3.63) is 0 Å². The zero-order chi connectivity index (χ0) is 13.8. The van der Waals surface area contributed by atoms with Gasteiger partial charge in [-0.05, 0) is 20.8 Å². The maximum Gasteiger partial charge on any atom is 0.310 e. The molecule has 0 aromatic heterocycles. The second kappa shape index (κ2) is 6.50. The summed E-state index contributed by atoms with van der Waals surface area (Å²) in [5.41, 5.74) is 0.0578. The average Bonchev–Trinajstić information content (AvgIpc) is 2.72. The number of hydrogen-bond acceptors (Lipinski definition) is 5. The first-order valence-corrected chi connectivity index (χ1v) is 6.29. The van der Waals surface area contributed by atoms with Crippen LogP contribution in [0.25, 0.3) is 0 Å². The number of ether oxygens (including phenoxy) is 3. The van der Waals surface area contributed by atoms with Crippen molar-refractivity contribution < 1.29 is 19.0 Å². The van der Waals surface area contributed by atoms with E-state index in [1.807, 2.05) is 0 Å². The molecule has 0 saturated carbocycles. The number of esters is 1. The van der Waals surface area contributed by atoms with Crippen LogP contribution in [-0.2, 0) is 19.0 Å². The Labute approximate surface area is 109 Å². The Morgan fingerprint density at radius 3 is 2.44 bits per heavy atom. The van der Waals surface area contributed by atoms with Gasteiger partial charge in [-0.15, -0.1) is 0 Å². The van der Waals surface area contributed by atoms with Crippen molar-refractivity contribution in [3.63, 3.8) is 0 Å². The predicted octanol–water partition coefficient (Wildman–Crippen LogP) is 1.13. The van der Waals surface area contributed by atoms with Crippen molar-refractivity contribution in [1.29, 1.82) is 0 Å². The number of nitrogens with zero attached hydrogens (tertiary/aromatic N) is 1. The molecule has 0 aliphatic carbocycles. The molecule has 1 aliphatic heterocycles. The van der Waals surface area contributed by atoms with Gasteiger partial charge in [0, 0.05) is 31.7 Å². The van der Waals surface area contributed by atoms with E-state index < -0.39 is 0 Å². The predicted molar refractivity (Wildman–Crippen MR) is 68.2 cm³/mol. The lowest BCUT2D eigenvalue weighted by molar-refractivity contribution is -0.147. The molecule has 0 radical (unpaired) electrons. The van der Waals surface area contributed by atoms with Crippen LogP contribution in [-0.4, -0.2) is 57.1 Å². The number of carbonyl (C=O) groups excluding carboxylic acids is 1. The normalized spacial score (nSPS) is 25.4. The van der Waals surface area contributed by atoms with E-state index in [1.165, 1.54) is 7.11 Å². The Balaban J connectivity index is 2.63. The number of methoxy groups -OCH3 is 2. The first-order chi connectivity index (χ1) is 8.40. The van der Waals surface area contributed by atoms with Crippen LogP contribution in [0.5, 0.6) is 0 Å². The summed E-state index contributed by atoms with van der Waals surface area (Å²) in [5.74, 6) is -0.0781. The van der Waals surface area contributed by atoms with Crippen LogP contribution in [0.15, 0.2) is 0 Å². The second-order valence-electron chi connectivity index (χ2n) is 5.74. The maximum absolute atomic E-state index is 11.8. The molecule has 18 heavy (non-hydrogen) atoms. The molecular weight excluding hydrogens is 234 g/mol. The van der Waals surface area contributed by atoms with Crippen LogP contribution in [0.4, 0.5) is 0 Å². The molecule has 1 aliphatic rings. The number of hydrogen-bond donors (Lipinski definition) is 0. The lowest BCUT2D eigenvalue weighted by atomic mass is 9.97. The molecule has 0 spiro atoms. The van der Waals surface area contributed by atoms with Gasteiger partial charge in [0.2, 0.25) is 0 Å². The van der Waals surface area contributed by atoms with Crippen molar-refractivity contribution in [1.82, 2.24) is 4.90 Å². The highest BCUT2D eigenvalue weighted by atomic mass is 16.7. The Bertz CT molecular complexity index is 275. The summed E-state index contributed by atoms with van der Waals surface area (Å²) in [6, 6.07) is 0. The fraction of sp³-hybridized carbons (Fsp3) is 0.923. The Kier molecular flexibility index (Phi) is 5.56. The van der Waals surface area contributed by atoms with Crippen molar-refractivity contribution in [2.24, 2.45) is 11.8 Å². The highest BCUT2D eigenvalue weighted by Crippen LogP contribution is 2.30. The molecule has 106 valence electrons. The third-order valence-corrected chi connectivity index (χ3v) is 3.43. The Hall–Kier alpha value is -0.650. The van der Waals surface area contributed by atoms with Crippen LogP contribution >= 0.6 is 0 Å². The van der Waals surface area contributed by atoms with E-state index in [9.17, 15) is 4.79 Å². The SMILES string of the molecule is COCOC[C@@H]1CN(C(C)(C)C)C[C@H]1C(=O)OC. The largest absolute Gasteiger partial charge is 0.469 e. The molecule has 0 bridgehead atoms. The fourth-order valence-corrected chi connectivity index (χ4v) is 2.29. The van der Waals surface area contributed by atoms with Gasteiger partial charge in [-0.2, -0.15) is 0 Å². The monoisotopic (exact) mass is 259 g/mol. The second-order valence-corrected chi connectivity index (χ2v) is 5.74. The quantitative estimate of drug-likeness (QED) is 0.421. The maximum atomic E-state index is 11.8. The summed E-state index contributed by atoms with van der Waals surface area (Å²) in [5, 5.41) is 0. The zero-order valence-electron chi connectivity index (χ0n) is 12.1. The van der Waals surface area contributed by atoms with Gasteiger partial charge in [0.15, 0.2) is 0 Å². The zero-order valence-corrected chi connectivity index (χ0v) is 12.1. The molecule has 2 atom stereocenters. The molecule has 0 aromatic carbocycles. The van der Waals surface area contributed by atoms with Gasteiger partial charge in [-0.3, -0.25) is 9.69 Å². The minimum absolute atomic E-state index is 0.0578. The highest BCUT2D eigenvalue weighted by molar-refractivity contribution is 5.73. The Morgan fingerprint density at radius 1 is 1.28 bits per heavy atom. The standard InChI is InChI=1S/C13H25NO4/c1-13(2,3)14-6-10(8-18-9-16-4)11(7-14)12(15)17-5/h10-11H,6-9H2,1-5H3/t10-,11+/m0/s1. The summed E-state index contributed by atoms with van der Waals surface area (Å²) in [7, 11) is 3.03. The fourth-order valence-electron chi connectivity index (χ4n) is 2.29. The molecule has 1 fully saturated rings. The van der Waals surface area contributed by atoms with E-state index in [4.69, 9.17) is 14.2 Å². The molecule has 1 saturated heterocycles. The lowest BCUT2D eigenvalue weighted by Crippen LogP contribution is -2.40. The van der Waals surface area contributed by atoms with Gasteiger partial charge < -0.3 is 14.2 Å². The molecule has 1 heterocycles. The van der Waals surface area contributed by atoms with Crippen LogP contribution in [0, 0.1) is 11.8 Å². The first kappa shape index (κ1) is 15.4. The van der Waals surface area contributed by atoms with Crippen molar-refractivity contribution in [2.45, 2.75) is 26.3 Å². The minimum Gasteiger partial charge on any atom is -0.469 e. The van der Waals surface area contributed by atoms with E-state index in [0.717, 1.165) is 13.1 Å². The lowest BCUT2D eigenvalue weighted by Gasteiger charge is -2.31. The number of likely N-dealkylation sites (tertiary alicyclic amines) is 1. The third-order valence-electron chi connectivity index (χ3n) is 3.43. The third kappa shape index (κ3) is 3.93. The van der Waals surface area contributed by atoms with Gasteiger partial charge in [0.1, 0.15) is 6.79 Å². The van der Waals surface area contributed by atoms with Crippen LogP contribution in [0.1, 0.15) is 20.8 Å². The Morgan fingerprint density at radius 2 is 1.94 bits per heavy atom. The molecule has 5 nitrogen and oxygen atoms in total. The molecule has 1 rings (SSSR count). The van der Waals surface area contributed by atoms with E-state index in [1.54, 1.807) is 7.11 Å². The van der Waals surface area contributed by atoms with Crippen molar-refractivity contribution in [2.75, 3.05) is 40.7 Å². The van der Waals surface area contributed by atoms with E-state index in [2.05, 4.69) is 25.7 Å². The smallest absolute Gasteiger partial charge is 0.310 e. The topological polar surface area (TPSA) is 48.0 Å². The van der Waals surface area contributed by atoms with Crippen molar-refractivity contribution >= 4 is 5.97 Å². The summed E-state index contributed by atoms with van der Waals surface area (Å²) < 4.78 is 15.1. The van der Waals surface area contributed by atoms with Crippen molar-refractivity contribution in [3.8, 4) is 0 Å². The van der Waals surface area contributed by atoms with Gasteiger partial charge >= 0.3 is 5.97 Å².